The van der Waals surface area contributed by atoms with Crippen LogP contribution in [0.25, 0.3) is 11.1 Å². The summed E-state index contributed by atoms with van der Waals surface area (Å²) < 4.78 is 5.88. The molecule has 0 bridgehead atoms. The molecule has 3 heteroatoms. The zero-order valence-electron chi connectivity index (χ0n) is 19.2. The first-order valence-corrected chi connectivity index (χ1v) is 11.8. The lowest BCUT2D eigenvalue weighted by molar-refractivity contribution is -0.117. The number of rotatable bonds is 6. The largest absolute Gasteiger partial charge is 0.491 e. The third-order valence-corrected chi connectivity index (χ3v) is 7.05. The van der Waals surface area contributed by atoms with E-state index in [2.05, 4.69) is 62.4 Å². The molecule has 1 aliphatic carbocycles. The van der Waals surface area contributed by atoms with Gasteiger partial charge in [0.15, 0.2) is 0 Å². The van der Waals surface area contributed by atoms with Gasteiger partial charge in [0.2, 0.25) is 0 Å². The Kier molecular flexibility index (Phi) is 5.58. The van der Waals surface area contributed by atoms with Gasteiger partial charge in [-0.15, -0.1) is 0 Å². The molecular weight excluding hydrogens is 394 g/mol. The minimum atomic E-state index is 0.104. The minimum absolute atomic E-state index is 0.104. The van der Waals surface area contributed by atoms with Crippen LogP contribution in [0.5, 0.6) is 5.75 Å². The van der Waals surface area contributed by atoms with Crippen molar-refractivity contribution in [3.05, 3.63) is 82.7 Å². The highest BCUT2D eigenvalue weighted by Crippen LogP contribution is 2.43. The summed E-state index contributed by atoms with van der Waals surface area (Å²) >= 11 is 0. The van der Waals surface area contributed by atoms with Gasteiger partial charge in [-0.3, -0.25) is 4.98 Å². The molecule has 5 rings (SSSR count). The molecule has 2 heterocycles. The Balaban J connectivity index is 1.41. The Morgan fingerprint density at radius 2 is 1.91 bits per heavy atom. The van der Waals surface area contributed by atoms with Gasteiger partial charge in [0.25, 0.3) is 0 Å². The van der Waals surface area contributed by atoms with E-state index in [1.807, 2.05) is 6.20 Å². The van der Waals surface area contributed by atoms with Crippen molar-refractivity contribution in [3.63, 3.8) is 0 Å². The summed E-state index contributed by atoms with van der Waals surface area (Å²) in [6, 6.07) is 17.8. The van der Waals surface area contributed by atoms with Crippen LogP contribution in [0.3, 0.4) is 0 Å². The van der Waals surface area contributed by atoms with Gasteiger partial charge in [-0.1, -0.05) is 56.3 Å². The van der Waals surface area contributed by atoms with Gasteiger partial charge in [-0.2, -0.15) is 0 Å². The molecule has 164 valence electrons. The minimum Gasteiger partial charge on any atom is -0.491 e. The number of pyridine rings is 1. The zero-order chi connectivity index (χ0) is 22.2. The number of fused-ring (bicyclic) bond motifs is 2. The first-order valence-electron chi connectivity index (χ1n) is 11.8. The highest BCUT2D eigenvalue weighted by molar-refractivity contribution is 5.76. The summed E-state index contributed by atoms with van der Waals surface area (Å²) in [5.41, 5.74) is 9.36. The maximum absolute atomic E-state index is 11.5. The SMILES string of the molecule is CC(=O)CC1COc2cc(C[C@@H]3CCc4c(-c5ccccc5C(C)C)cccc43)cnc21. The number of carbonyl (C=O) groups excluding carboxylic acids is 1. The van der Waals surface area contributed by atoms with Gasteiger partial charge >= 0.3 is 0 Å². The number of ketones is 1. The van der Waals surface area contributed by atoms with Crippen LogP contribution < -0.4 is 4.74 Å². The quantitative estimate of drug-likeness (QED) is 0.447. The number of benzene rings is 2. The molecule has 3 aromatic rings. The fraction of sp³-hybridized carbons (Fsp3) is 0.379. The van der Waals surface area contributed by atoms with Crippen LogP contribution in [0, 0.1) is 0 Å². The summed E-state index contributed by atoms with van der Waals surface area (Å²) in [7, 11) is 0. The molecule has 0 saturated carbocycles. The van der Waals surface area contributed by atoms with Crippen molar-refractivity contribution in [3.8, 4) is 16.9 Å². The van der Waals surface area contributed by atoms with E-state index in [-0.39, 0.29) is 11.7 Å². The monoisotopic (exact) mass is 425 g/mol. The van der Waals surface area contributed by atoms with Crippen molar-refractivity contribution < 1.29 is 9.53 Å². The number of hydrogen-bond donors (Lipinski definition) is 0. The molecule has 0 radical (unpaired) electrons. The van der Waals surface area contributed by atoms with Crippen LogP contribution in [0.15, 0.2) is 54.7 Å². The highest BCUT2D eigenvalue weighted by Gasteiger charge is 2.29. The van der Waals surface area contributed by atoms with Gasteiger partial charge < -0.3 is 9.53 Å². The molecule has 3 nitrogen and oxygen atoms in total. The molecule has 0 spiro atoms. The second-order valence-electron chi connectivity index (χ2n) is 9.70. The highest BCUT2D eigenvalue weighted by atomic mass is 16.5. The Morgan fingerprint density at radius 3 is 2.72 bits per heavy atom. The number of ether oxygens (including phenoxy) is 1. The van der Waals surface area contributed by atoms with Crippen molar-refractivity contribution in [1.82, 2.24) is 4.98 Å². The molecule has 1 unspecified atom stereocenters. The van der Waals surface area contributed by atoms with Crippen molar-refractivity contribution in [1.29, 1.82) is 0 Å². The molecule has 0 fully saturated rings. The molecule has 32 heavy (non-hydrogen) atoms. The number of Topliss-reactive ketones (excluding diaryl/α,β-unsaturated/α-hetero) is 1. The molecule has 0 amide bonds. The summed E-state index contributed by atoms with van der Waals surface area (Å²) in [4.78, 5) is 16.2. The molecule has 2 atom stereocenters. The summed E-state index contributed by atoms with van der Waals surface area (Å²) in [6.45, 7) is 6.75. The van der Waals surface area contributed by atoms with Crippen LogP contribution >= 0.6 is 0 Å². The lowest BCUT2D eigenvalue weighted by Gasteiger charge is -2.17. The smallest absolute Gasteiger partial charge is 0.141 e. The van der Waals surface area contributed by atoms with E-state index < -0.39 is 0 Å². The topological polar surface area (TPSA) is 39.2 Å². The Labute approximate surface area is 190 Å². The fourth-order valence-electron chi connectivity index (χ4n) is 5.54. The predicted molar refractivity (Wildman–Crippen MR) is 129 cm³/mol. The van der Waals surface area contributed by atoms with E-state index in [9.17, 15) is 4.79 Å². The van der Waals surface area contributed by atoms with Crippen LogP contribution in [0.4, 0.5) is 0 Å². The standard InChI is InChI=1S/C29H31NO2/c1-18(2)23-7-4-5-8-25(23)26-10-6-9-24-21(11-12-27(24)26)14-20-15-28-29(30-16-20)22(17-32-28)13-19(3)31/h4-10,15-16,18,21-22H,11-14,17H2,1-3H3/t21-,22?/m0/s1. The predicted octanol–water partition coefficient (Wildman–Crippen LogP) is 6.60. The third-order valence-electron chi connectivity index (χ3n) is 7.05. The van der Waals surface area contributed by atoms with E-state index in [4.69, 9.17) is 9.72 Å². The second kappa shape index (κ2) is 8.54. The van der Waals surface area contributed by atoms with Gasteiger partial charge in [-0.05, 0) is 77.5 Å². The Bertz CT molecular complexity index is 1160. The number of hydrogen-bond acceptors (Lipinski definition) is 3. The van der Waals surface area contributed by atoms with Crippen LogP contribution in [-0.2, 0) is 17.6 Å². The van der Waals surface area contributed by atoms with E-state index in [0.717, 1.165) is 24.3 Å². The molecule has 1 aromatic heterocycles. The normalized spacial score (nSPS) is 19.0. The molecular formula is C29H31NO2. The van der Waals surface area contributed by atoms with Crippen LogP contribution in [-0.4, -0.2) is 17.4 Å². The van der Waals surface area contributed by atoms with Crippen molar-refractivity contribution in [2.45, 2.75) is 64.2 Å². The van der Waals surface area contributed by atoms with Crippen molar-refractivity contribution in [2.75, 3.05) is 6.61 Å². The molecule has 1 aliphatic heterocycles. The average molecular weight is 426 g/mol. The van der Waals surface area contributed by atoms with E-state index in [1.165, 1.54) is 39.8 Å². The third kappa shape index (κ3) is 3.85. The zero-order valence-corrected chi connectivity index (χ0v) is 19.2. The summed E-state index contributed by atoms with van der Waals surface area (Å²) in [5.74, 6) is 2.17. The van der Waals surface area contributed by atoms with Crippen molar-refractivity contribution in [2.24, 2.45) is 0 Å². The lowest BCUT2D eigenvalue weighted by Crippen LogP contribution is -2.06. The number of nitrogens with zero attached hydrogens (tertiary/aromatic N) is 1. The number of carbonyl (C=O) groups is 1. The first kappa shape index (κ1) is 20.9. The van der Waals surface area contributed by atoms with Crippen molar-refractivity contribution >= 4 is 5.78 Å². The maximum atomic E-state index is 11.5. The molecule has 2 aliphatic rings. The molecule has 2 aromatic carbocycles. The first-order chi connectivity index (χ1) is 15.5. The van der Waals surface area contributed by atoms with E-state index in [0.29, 0.717) is 24.9 Å². The van der Waals surface area contributed by atoms with Gasteiger partial charge in [-0.25, -0.2) is 0 Å². The van der Waals surface area contributed by atoms with Gasteiger partial charge in [0.1, 0.15) is 11.5 Å². The number of aromatic nitrogens is 1. The Morgan fingerprint density at radius 1 is 1.09 bits per heavy atom. The molecule has 0 N–H and O–H groups in total. The van der Waals surface area contributed by atoms with Crippen LogP contribution in [0.2, 0.25) is 0 Å². The Hall–Kier alpha value is -2.94. The van der Waals surface area contributed by atoms with Gasteiger partial charge in [0.05, 0.1) is 12.3 Å². The lowest BCUT2D eigenvalue weighted by atomic mass is 9.88. The average Bonchev–Trinajstić information content (AvgIpc) is 3.37. The fourth-order valence-corrected chi connectivity index (χ4v) is 5.54. The van der Waals surface area contributed by atoms with E-state index >= 15 is 0 Å². The molecule has 0 saturated heterocycles. The van der Waals surface area contributed by atoms with Gasteiger partial charge in [0, 0.05) is 18.5 Å². The second-order valence-corrected chi connectivity index (χ2v) is 9.70. The van der Waals surface area contributed by atoms with Crippen LogP contribution in [0.1, 0.15) is 79.3 Å². The summed E-state index contributed by atoms with van der Waals surface area (Å²) in [5, 5.41) is 0. The summed E-state index contributed by atoms with van der Waals surface area (Å²) in [6.07, 6.45) is 5.77. The van der Waals surface area contributed by atoms with E-state index in [1.54, 1.807) is 6.92 Å². The maximum Gasteiger partial charge on any atom is 0.141 e.